The predicted octanol–water partition coefficient (Wildman–Crippen LogP) is 3.04. The highest BCUT2D eigenvalue weighted by Crippen LogP contribution is 2.15. The largest absolute Gasteiger partial charge is 0.378 e. The van der Waals surface area contributed by atoms with Gasteiger partial charge in [-0.3, -0.25) is 9.69 Å². The lowest BCUT2D eigenvalue weighted by Gasteiger charge is -2.35. The molecule has 2 aromatic rings. The van der Waals surface area contributed by atoms with Crippen LogP contribution in [0, 0.1) is 24.4 Å². The number of rotatable bonds is 5. The fourth-order valence-corrected chi connectivity index (χ4v) is 3.01. The molecule has 7 heteroatoms. The van der Waals surface area contributed by atoms with Crippen molar-refractivity contribution in [2.24, 2.45) is 0 Å². The van der Waals surface area contributed by atoms with Gasteiger partial charge in [-0.05, 0) is 24.6 Å². The molecule has 0 saturated carbocycles. The van der Waals surface area contributed by atoms with Crippen molar-refractivity contribution in [2.75, 3.05) is 26.3 Å². The Hall–Kier alpha value is -2.38. The molecule has 1 N–H and O–H groups in total. The molecule has 0 spiro atoms. The van der Waals surface area contributed by atoms with Crippen LogP contribution in [0.2, 0.25) is 0 Å². The van der Waals surface area contributed by atoms with E-state index >= 15 is 0 Å². The van der Waals surface area contributed by atoms with E-state index in [0.717, 1.165) is 5.56 Å². The van der Waals surface area contributed by atoms with Crippen molar-refractivity contribution < 1.29 is 22.7 Å². The van der Waals surface area contributed by atoms with E-state index < -0.39 is 23.4 Å². The number of amides is 1. The summed E-state index contributed by atoms with van der Waals surface area (Å²) in [6.07, 6.45) is 0. The molecule has 1 fully saturated rings. The molecule has 4 nitrogen and oxygen atoms in total. The molecular weight excluding hydrogens is 357 g/mol. The zero-order valence-corrected chi connectivity index (χ0v) is 15.0. The topological polar surface area (TPSA) is 41.6 Å². The minimum absolute atomic E-state index is 0.0702. The molecule has 0 bridgehead atoms. The standard InChI is InChI=1S/C20H21F3N2O2/c1-13-2-4-14(5-3-13)11-25-6-7-27-12-16(25)10-24-20(26)15-8-17(21)19(23)18(22)9-15/h2-5,8-9,16H,6-7,10-12H2,1H3,(H,24,26). The van der Waals surface area contributed by atoms with E-state index in [1.807, 2.05) is 19.1 Å². The summed E-state index contributed by atoms with van der Waals surface area (Å²) in [5, 5.41) is 2.65. The van der Waals surface area contributed by atoms with Crippen molar-refractivity contribution in [1.29, 1.82) is 0 Å². The first kappa shape index (κ1) is 19.4. The Morgan fingerprint density at radius 2 is 1.85 bits per heavy atom. The first-order valence-corrected chi connectivity index (χ1v) is 8.74. The highest BCUT2D eigenvalue weighted by Gasteiger charge is 2.24. The van der Waals surface area contributed by atoms with Crippen LogP contribution in [0.4, 0.5) is 13.2 Å². The highest BCUT2D eigenvalue weighted by atomic mass is 19.2. The molecule has 1 aliphatic rings. The molecule has 1 aliphatic heterocycles. The minimum Gasteiger partial charge on any atom is -0.378 e. The van der Waals surface area contributed by atoms with Crippen molar-refractivity contribution in [3.05, 3.63) is 70.5 Å². The van der Waals surface area contributed by atoms with E-state index in [9.17, 15) is 18.0 Å². The third kappa shape index (κ3) is 4.87. The third-order valence-corrected chi connectivity index (χ3v) is 4.60. The Morgan fingerprint density at radius 1 is 1.19 bits per heavy atom. The van der Waals surface area contributed by atoms with Gasteiger partial charge in [0, 0.05) is 25.2 Å². The van der Waals surface area contributed by atoms with Crippen molar-refractivity contribution in [2.45, 2.75) is 19.5 Å². The molecule has 2 aromatic carbocycles. The van der Waals surface area contributed by atoms with Gasteiger partial charge in [0.1, 0.15) is 0 Å². The smallest absolute Gasteiger partial charge is 0.251 e. The fraction of sp³-hybridized carbons (Fsp3) is 0.350. The van der Waals surface area contributed by atoms with Crippen LogP contribution >= 0.6 is 0 Å². The van der Waals surface area contributed by atoms with Gasteiger partial charge >= 0.3 is 0 Å². The Bertz CT molecular complexity index is 788. The molecule has 1 atom stereocenters. The molecule has 1 amide bonds. The maximum absolute atomic E-state index is 13.3. The molecule has 0 radical (unpaired) electrons. The number of nitrogens with zero attached hydrogens (tertiary/aromatic N) is 1. The second-order valence-electron chi connectivity index (χ2n) is 6.65. The predicted molar refractivity (Wildman–Crippen MR) is 94.8 cm³/mol. The summed E-state index contributed by atoms with van der Waals surface area (Å²) in [6.45, 7) is 4.75. The van der Waals surface area contributed by atoms with E-state index in [-0.39, 0.29) is 18.2 Å². The Morgan fingerprint density at radius 3 is 2.52 bits per heavy atom. The van der Waals surface area contributed by atoms with Gasteiger partial charge in [-0.15, -0.1) is 0 Å². The lowest BCUT2D eigenvalue weighted by atomic mass is 10.1. The summed E-state index contributed by atoms with van der Waals surface area (Å²) >= 11 is 0. The fourth-order valence-electron chi connectivity index (χ4n) is 3.01. The lowest BCUT2D eigenvalue weighted by Crippen LogP contribution is -2.50. The maximum atomic E-state index is 13.3. The van der Waals surface area contributed by atoms with Gasteiger partial charge in [0.25, 0.3) is 5.91 Å². The van der Waals surface area contributed by atoms with Crippen LogP contribution in [-0.2, 0) is 11.3 Å². The first-order chi connectivity index (χ1) is 12.9. The number of carbonyl (C=O) groups is 1. The van der Waals surface area contributed by atoms with Crippen LogP contribution in [-0.4, -0.2) is 43.2 Å². The summed E-state index contributed by atoms with van der Waals surface area (Å²) in [4.78, 5) is 14.4. The minimum atomic E-state index is -1.59. The highest BCUT2D eigenvalue weighted by molar-refractivity contribution is 5.94. The number of carbonyl (C=O) groups excluding carboxylic acids is 1. The SMILES string of the molecule is Cc1ccc(CN2CCOCC2CNC(=O)c2cc(F)c(F)c(F)c2)cc1. The van der Waals surface area contributed by atoms with E-state index in [0.29, 0.717) is 38.4 Å². The molecule has 1 heterocycles. The van der Waals surface area contributed by atoms with Gasteiger partial charge in [0.15, 0.2) is 17.5 Å². The monoisotopic (exact) mass is 378 g/mol. The Labute approximate surface area is 155 Å². The molecule has 144 valence electrons. The number of nitrogens with one attached hydrogen (secondary N) is 1. The Balaban J connectivity index is 1.62. The van der Waals surface area contributed by atoms with Crippen molar-refractivity contribution in [1.82, 2.24) is 10.2 Å². The van der Waals surface area contributed by atoms with Crippen LogP contribution in [0.3, 0.4) is 0 Å². The van der Waals surface area contributed by atoms with E-state index in [4.69, 9.17) is 4.74 Å². The molecule has 1 unspecified atom stereocenters. The number of morpholine rings is 1. The van der Waals surface area contributed by atoms with E-state index in [1.165, 1.54) is 5.56 Å². The van der Waals surface area contributed by atoms with Gasteiger partial charge < -0.3 is 10.1 Å². The number of hydrogen-bond donors (Lipinski definition) is 1. The summed E-state index contributed by atoms with van der Waals surface area (Å²) < 4.78 is 45.1. The van der Waals surface area contributed by atoms with Gasteiger partial charge in [-0.25, -0.2) is 13.2 Å². The van der Waals surface area contributed by atoms with Gasteiger partial charge in [0.05, 0.1) is 19.3 Å². The second kappa shape index (κ2) is 8.54. The zero-order chi connectivity index (χ0) is 19.4. The molecule has 0 aromatic heterocycles. The average Bonchev–Trinajstić information content (AvgIpc) is 2.66. The number of ether oxygens (including phenoxy) is 1. The van der Waals surface area contributed by atoms with E-state index in [2.05, 4.69) is 22.3 Å². The van der Waals surface area contributed by atoms with E-state index in [1.54, 1.807) is 0 Å². The number of benzene rings is 2. The second-order valence-corrected chi connectivity index (χ2v) is 6.65. The van der Waals surface area contributed by atoms with Crippen molar-refractivity contribution >= 4 is 5.91 Å². The van der Waals surface area contributed by atoms with Crippen LogP contribution in [0.5, 0.6) is 0 Å². The zero-order valence-electron chi connectivity index (χ0n) is 15.0. The number of aryl methyl sites for hydroxylation is 1. The van der Waals surface area contributed by atoms with Crippen LogP contribution in [0.15, 0.2) is 36.4 Å². The van der Waals surface area contributed by atoms with Crippen molar-refractivity contribution in [3.63, 3.8) is 0 Å². The normalized spacial score (nSPS) is 17.7. The molecule has 27 heavy (non-hydrogen) atoms. The molecule has 0 aliphatic carbocycles. The van der Waals surface area contributed by atoms with Gasteiger partial charge in [-0.1, -0.05) is 29.8 Å². The summed E-state index contributed by atoms with van der Waals surface area (Å²) in [5.41, 5.74) is 2.08. The quantitative estimate of drug-likeness (QED) is 0.814. The third-order valence-electron chi connectivity index (χ3n) is 4.60. The first-order valence-electron chi connectivity index (χ1n) is 8.74. The van der Waals surface area contributed by atoms with Crippen LogP contribution in [0.1, 0.15) is 21.5 Å². The summed E-state index contributed by atoms with van der Waals surface area (Å²) in [6, 6.07) is 9.52. The van der Waals surface area contributed by atoms with Gasteiger partial charge in [-0.2, -0.15) is 0 Å². The average molecular weight is 378 g/mol. The molecule has 3 rings (SSSR count). The number of hydrogen-bond acceptors (Lipinski definition) is 3. The van der Waals surface area contributed by atoms with Crippen LogP contribution < -0.4 is 5.32 Å². The van der Waals surface area contributed by atoms with Crippen molar-refractivity contribution in [3.8, 4) is 0 Å². The molecular formula is C20H21F3N2O2. The Kier molecular flexibility index (Phi) is 6.13. The van der Waals surface area contributed by atoms with Crippen LogP contribution in [0.25, 0.3) is 0 Å². The van der Waals surface area contributed by atoms with Gasteiger partial charge in [0.2, 0.25) is 0 Å². The summed E-state index contributed by atoms with van der Waals surface area (Å²) in [7, 11) is 0. The molecule has 1 saturated heterocycles. The maximum Gasteiger partial charge on any atom is 0.251 e. The summed E-state index contributed by atoms with van der Waals surface area (Å²) in [5.74, 6) is -5.02. The lowest BCUT2D eigenvalue weighted by molar-refractivity contribution is -0.0105. The number of halogens is 3.